The minimum atomic E-state index is -3.08. The Morgan fingerprint density at radius 1 is 1.19 bits per heavy atom. The van der Waals surface area contributed by atoms with Gasteiger partial charge in [-0.25, -0.2) is 4.98 Å². The zero-order valence-corrected chi connectivity index (χ0v) is 21.3. The van der Waals surface area contributed by atoms with Crippen molar-refractivity contribution in [1.29, 1.82) is 0 Å². The summed E-state index contributed by atoms with van der Waals surface area (Å²) in [4.78, 5) is 19.7. The molecule has 1 atom stereocenters. The van der Waals surface area contributed by atoms with Crippen LogP contribution < -0.4 is 9.47 Å². The predicted octanol–water partition coefficient (Wildman–Crippen LogP) is 5.29. The summed E-state index contributed by atoms with van der Waals surface area (Å²) in [6.45, 7) is 1.23. The van der Waals surface area contributed by atoms with Crippen LogP contribution in [-0.4, -0.2) is 58.5 Å². The van der Waals surface area contributed by atoms with Crippen LogP contribution in [0.15, 0.2) is 36.7 Å². The number of halogens is 2. The number of likely N-dealkylation sites (tertiary alicyclic amines) is 1. The number of aromatic nitrogens is 2. The number of pyridine rings is 1. The Bertz CT molecular complexity index is 1280. The number of hydrogen-bond donors (Lipinski definition) is 1. The van der Waals surface area contributed by atoms with E-state index in [-0.39, 0.29) is 35.2 Å². The predicted molar refractivity (Wildman–Crippen MR) is 135 cm³/mol. The van der Waals surface area contributed by atoms with Crippen molar-refractivity contribution < 1.29 is 28.2 Å². The maximum Gasteiger partial charge on any atom is 0.387 e. The average molecular weight is 514 g/mol. The summed E-state index contributed by atoms with van der Waals surface area (Å²) in [5.41, 5.74) is 1.50. The molecule has 9 heteroatoms. The van der Waals surface area contributed by atoms with E-state index in [1.54, 1.807) is 12.3 Å². The second-order valence-corrected chi connectivity index (χ2v) is 10.4. The average Bonchev–Trinajstić information content (AvgIpc) is 3.57. The van der Waals surface area contributed by atoms with Crippen molar-refractivity contribution in [3.63, 3.8) is 0 Å². The minimum absolute atomic E-state index is 0.0447. The third-order valence-corrected chi connectivity index (χ3v) is 7.36. The molecule has 1 aliphatic heterocycles. The number of ether oxygens (including phenoxy) is 2. The van der Waals surface area contributed by atoms with Crippen LogP contribution >= 0.6 is 0 Å². The number of fused-ring (bicyclic) bond motifs is 1. The van der Waals surface area contributed by atoms with Gasteiger partial charge in [0.05, 0.1) is 24.6 Å². The molecule has 1 saturated carbocycles. The standard InChI is InChI=1S/C28H33F2N3O4/c1-28(35,17-32-9-4-3-5-10-32)20-8-11-33-21(16-31-25(33)15-20)19-13-23(36-2)26(22(34)12-18-6-7-18)24(14-19)37-27(29)30/h8,11,13-16,18,27,35H,3-7,9-10,12,17H2,1-2H3. The molecule has 2 aliphatic rings. The highest BCUT2D eigenvalue weighted by Gasteiger charge is 2.30. The van der Waals surface area contributed by atoms with Crippen molar-refractivity contribution in [3.8, 4) is 22.8 Å². The SMILES string of the molecule is COc1cc(-c2cnc3cc(C(C)(O)CN4CCCCC4)ccn23)cc(OC(F)F)c1C(=O)CC1CC1. The lowest BCUT2D eigenvalue weighted by Gasteiger charge is -2.34. The first-order valence-electron chi connectivity index (χ1n) is 12.9. The van der Waals surface area contributed by atoms with Crippen molar-refractivity contribution in [2.45, 2.75) is 57.7 Å². The third-order valence-electron chi connectivity index (χ3n) is 7.36. The lowest BCUT2D eigenvalue weighted by molar-refractivity contribution is -0.0502. The molecule has 7 nitrogen and oxygen atoms in total. The van der Waals surface area contributed by atoms with Gasteiger partial charge >= 0.3 is 6.61 Å². The number of methoxy groups -OCH3 is 1. The van der Waals surface area contributed by atoms with Crippen molar-refractivity contribution in [2.75, 3.05) is 26.7 Å². The number of carbonyl (C=O) groups excluding carboxylic acids is 1. The summed E-state index contributed by atoms with van der Waals surface area (Å²) < 4.78 is 38.7. The quantitative estimate of drug-likeness (QED) is 0.372. The number of aliphatic hydroxyl groups is 1. The van der Waals surface area contributed by atoms with Gasteiger partial charge in [0.2, 0.25) is 0 Å². The number of carbonyl (C=O) groups is 1. The Kier molecular flexibility index (Phi) is 7.18. The van der Waals surface area contributed by atoms with E-state index in [0.29, 0.717) is 23.4 Å². The van der Waals surface area contributed by atoms with Gasteiger partial charge in [-0.2, -0.15) is 8.78 Å². The lowest BCUT2D eigenvalue weighted by Crippen LogP contribution is -2.41. The van der Waals surface area contributed by atoms with Gasteiger partial charge in [-0.3, -0.25) is 9.20 Å². The van der Waals surface area contributed by atoms with E-state index >= 15 is 0 Å². The smallest absolute Gasteiger partial charge is 0.387 e. The Balaban J connectivity index is 1.49. The van der Waals surface area contributed by atoms with Crippen molar-refractivity contribution >= 4 is 11.4 Å². The van der Waals surface area contributed by atoms with Crippen LogP contribution in [0, 0.1) is 5.92 Å². The van der Waals surface area contributed by atoms with E-state index in [1.165, 1.54) is 19.6 Å². The number of hydrogen-bond acceptors (Lipinski definition) is 6. The summed E-state index contributed by atoms with van der Waals surface area (Å²) in [7, 11) is 1.41. The van der Waals surface area contributed by atoms with Crippen LogP contribution in [0.2, 0.25) is 0 Å². The monoisotopic (exact) mass is 513 g/mol. The highest BCUT2D eigenvalue weighted by atomic mass is 19.3. The van der Waals surface area contributed by atoms with Gasteiger partial charge < -0.3 is 19.5 Å². The maximum atomic E-state index is 13.3. The fourth-order valence-electron chi connectivity index (χ4n) is 5.22. The van der Waals surface area contributed by atoms with Crippen molar-refractivity contribution in [1.82, 2.24) is 14.3 Å². The number of rotatable bonds is 10. The van der Waals surface area contributed by atoms with Crippen molar-refractivity contribution in [2.24, 2.45) is 5.92 Å². The molecule has 1 aromatic carbocycles. The number of benzene rings is 1. The summed E-state index contributed by atoms with van der Waals surface area (Å²) in [5.74, 6) is 0.0116. The number of alkyl halides is 2. The van der Waals surface area contributed by atoms with Gasteiger partial charge in [0.25, 0.3) is 0 Å². The van der Waals surface area contributed by atoms with Gasteiger partial charge in [0.1, 0.15) is 22.7 Å². The van der Waals surface area contributed by atoms with Crippen LogP contribution in [-0.2, 0) is 5.60 Å². The second kappa shape index (κ2) is 10.4. The molecule has 1 aliphatic carbocycles. The van der Waals surface area contributed by atoms with Crippen LogP contribution in [0.1, 0.15) is 61.4 Å². The molecule has 3 aromatic rings. The first-order valence-corrected chi connectivity index (χ1v) is 12.9. The first-order chi connectivity index (χ1) is 17.7. The molecule has 37 heavy (non-hydrogen) atoms. The second-order valence-electron chi connectivity index (χ2n) is 10.4. The number of imidazole rings is 1. The molecular formula is C28H33F2N3O4. The Hall–Kier alpha value is -3.04. The third kappa shape index (κ3) is 5.62. The molecular weight excluding hydrogens is 480 g/mol. The molecule has 2 fully saturated rings. The van der Waals surface area contributed by atoms with Crippen LogP contribution in [0.4, 0.5) is 8.78 Å². The molecule has 0 amide bonds. The Labute approximate surface area is 215 Å². The number of piperidine rings is 1. The van der Waals surface area contributed by atoms with Gasteiger partial charge in [0, 0.05) is 24.7 Å². The first kappa shape index (κ1) is 25.6. The van der Waals surface area contributed by atoms with E-state index < -0.39 is 12.2 Å². The largest absolute Gasteiger partial charge is 0.496 e. The van der Waals surface area contributed by atoms with Crippen LogP contribution in [0.5, 0.6) is 11.5 Å². The van der Waals surface area contributed by atoms with E-state index in [1.807, 2.05) is 29.7 Å². The van der Waals surface area contributed by atoms with Crippen molar-refractivity contribution in [3.05, 3.63) is 47.8 Å². The molecule has 0 radical (unpaired) electrons. The van der Waals surface area contributed by atoms with Gasteiger partial charge in [0.15, 0.2) is 5.78 Å². The van der Waals surface area contributed by atoms with Crippen LogP contribution in [0.25, 0.3) is 16.9 Å². The molecule has 3 heterocycles. The van der Waals surface area contributed by atoms with E-state index in [0.717, 1.165) is 44.3 Å². The fourth-order valence-corrected chi connectivity index (χ4v) is 5.22. The summed E-state index contributed by atoms with van der Waals surface area (Å²) in [5, 5.41) is 11.2. The van der Waals surface area contributed by atoms with Gasteiger partial charge in [-0.05, 0) is 81.4 Å². The number of Topliss-reactive ketones (excluding diaryl/α,β-unsaturated/α-hetero) is 1. The molecule has 2 aromatic heterocycles. The molecule has 0 spiro atoms. The molecule has 1 unspecified atom stereocenters. The van der Waals surface area contributed by atoms with Crippen LogP contribution in [0.3, 0.4) is 0 Å². The zero-order valence-electron chi connectivity index (χ0n) is 21.3. The highest BCUT2D eigenvalue weighted by Crippen LogP contribution is 2.40. The van der Waals surface area contributed by atoms with Gasteiger partial charge in [-0.1, -0.05) is 6.42 Å². The molecule has 1 saturated heterocycles. The van der Waals surface area contributed by atoms with E-state index in [2.05, 4.69) is 9.88 Å². The molecule has 198 valence electrons. The number of β-amino-alcohol motifs (C(OH)–C–C–N with tert-alkyl or cyclic N) is 1. The van der Waals surface area contributed by atoms with E-state index in [9.17, 15) is 18.7 Å². The van der Waals surface area contributed by atoms with Gasteiger partial charge in [-0.15, -0.1) is 0 Å². The molecule has 1 N–H and O–H groups in total. The highest BCUT2D eigenvalue weighted by molar-refractivity contribution is 6.02. The Morgan fingerprint density at radius 3 is 2.59 bits per heavy atom. The fraction of sp³-hybridized carbons (Fsp3) is 0.500. The molecule has 0 bridgehead atoms. The summed E-state index contributed by atoms with van der Waals surface area (Å²) in [6, 6.07) is 6.79. The van der Waals surface area contributed by atoms with E-state index in [4.69, 9.17) is 9.47 Å². The topological polar surface area (TPSA) is 76.3 Å². The molecule has 5 rings (SSSR count). The normalized spacial score (nSPS) is 18.2. The number of ketones is 1. The summed E-state index contributed by atoms with van der Waals surface area (Å²) >= 11 is 0. The Morgan fingerprint density at radius 2 is 1.92 bits per heavy atom. The lowest BCUT2D eigenvalue weighted by atomic mass is 9.95. The zero-order chi connectivity index (χ0) is 26.2. The number of nitrogens with zero attached hydrogens (tertiary/aromatic N) is 3. The maximum absolute atomic E-state index is 13.3. The minimum Gasteiger partial charge on any atom is -0.496 e. The summed E-state index contributed by atoms with van der Waals surface area (Å²) in [6.07, 6.45) is 9.17.